The topological polar surface area (TPSA) is 61.2 Å². The second-order valence-corrected chi connectivity index (χ2v) is 6.33. The molecule has 1 N–H and O–H groups in total. The molecule has 0 aromatic carbocycles. The Morgan fingerprint density at radius 1 is 1.47 bits per heavy atom. The molecule has 19 heavy (non-hydrogen) atoms. The van der Waals surface area contributed by atoms with Crippen molar-refractivity contribution in [3.05, 3.63) is 6.33 Å². The third-order valence-corrected chi connectivity index (χ3v) is 5.29. The number of hydrogen-bond donors (Lipinski definition) is 1. The molecule has 2 atom stereocenters. The minimum Gasteiger partial charge on any atom is -0.347 e. The van der Waals surface area contributed by atoms with E-state index in [0.29, 0.717) is 24.5 Å². The summed E-state index contributed by atoms with van der Waals surface area (Å²) in [5.41, 5.74) is 0. The molecule has 2 unspecified atom stereocenters. The lowest BCUT2D eigenvalue weighted by atomic mass is 9.89. The van der Waals surface area contributed by atoms with Crippen molar-refractivity contribution in [3.8, 4) is 0 Å². The van der Waals surface area contributed by atoms with Gasteiger partial charge < -0.3 is 19.4 Å². The molecule has 3 rings (SSSR count). The molecule has 106 valence electrons. The van der Waals surface area contributed by atoms with Gasteiger partial charge in [0.15, 0.2) is 10.9 Å². The van der Waals surface area contributed by atoms with Crippen LogP contribution in [0.3, 0.4) is 0 Å². The molecule has 1 aromatic rings. The van der Waals surface area contributed by atoms with Crippen molar-refractivity contribution in [3.63, 3.8) is 0 Å². The summed E-state index contributed by atoms with van der Waals surface area (Å²) in [4.78, 5) is 0. The van der Waals surface area contributed by atoms with Gasteiger partial charge in [-0.1, -0.05) is 11.8 Å². The lowest BCUT2D eigenvalue weighted by Crippen LogP contribution is -2.48. The molecule has 1 saturated heterocycles. The maximum atomic E-state index is 5.85. The lowest BCUT2D eigenvalue weighted by molar-refractivity contribution is -0.177. The van der Waals surface area contributed by atoms with Crippen LogP contribution in [0.2, 0.25) is 0 Å². The van der Waals surface area contributed by atoms with Crippen LogP contribution >= 0.6 is 11.8 Å². The summed E-state index contributed by atoms with van der Waals surface area (Å²) in [5.74, 6) is -0.358. The first-order valence-electron chi connectivity index (χ1n) is 6.68. The van der Waals surface area contributed by atoms with E-state index in [-0.39, 0.29) is 5.79 Å². The zero-order valence-electron chi connectivity index (χ0n) is 11.3. The SMILES string of the molecule is CNC1CCC2(CC1Sc1nncn1C)OCCO2. The summed E-state index contributed by atoms with van der Waals surface area (Å²) >= 11 is 1.76. The standard InChI is InChI=1S/C12H20N4O2S/c1-13-9-3-4-12(17-5-6-18-12)7-10(9)19-11-15-14-8-16(11)2/h8-10,13H,3-7H2,1-2H3. The van der Waals surface area contributed by atoms with E-state index in [0.717, 1.165) is 24.4 Å². The first-order valence-corrected chi connectivity index (χ1v) is 7.56. The fourth-order valence-electron chi connectivity index (χ4n) is 2.84. The first kappa shape index (κ1) is 13.4. The summed E-state index contributed by atoms with van der Waals surface area (Å²) in [6, 6.07) is 0.458. The summed E-state index contributed by atoms with van der Waals surface area (Å²) in [7, 11) is 3.99. The average Bonchev–Trinajstić information content (AvgIpc) is 3.01. The maximum absolute atomic E-state index is 5.85. The highest BCUT2D eigenvalue weighted by atomic mass is 32.2. The highest BCUT2D eigenvalue weighted by molar-refractivity contribution is 7.99. The van der Waals surface area contributed by atoms with Gasteiger partial charge in [0.05, 0.1) is 13.2 Å². The van der Waals surface area contributed by atoms with Crippen LogP contribution < -0.4 is 5.32 Å². The second kappa shape index (κ2) is 5.40. The summed E-state index contributed by atoms with van der Waals surface area (Å²) in [5, 5.41) is 12.8. The Balaban J connectivity index is 1.74. The van der Waals surface area contributed by atoms with E-state index in [2.05, 4.69) is 15.5 Å². The van der Waals surface area contributed by atoms with Crippen LogP contribution in [0.5, 0.6) is 0 Å². The molecule has 1 spiro atoms. The van der Waals surface area contributed by atoms with Gasteiger partial charge >= 0.3 is 0 Å². The molecular formula is C12H20N4O2S. The summed E-state index contributed by atoms with van der Waals surface area (Å²) < 4.78 is 13.6. The van der Waals surface area contributed by atoms with Crippen molar-refractivity contribution in [2.24, 2.45) is 7.05 Å². The van der Waals surface area contributed by atoms with Gasteiger partial charge in [0.25, 0.3) is 0 Å². The highest BCUT2D eigenvalue weighted by Gasteiger charge is 2.45. The van der Waals surface area contributed by atoms with E-state index < -0.39 is 0 Å². The van der Waals surface area contributed by atoms with E-state index in [1.54, 1.807) is 18.1 Å². The quantitative estimate of drug-likeness (QED) is 0.885. The van der Waals surface area contributed by atoms with Gasteiger partial charge in [-0.15, -0.1) is 10.2 Å². The van der Waals surface area contributed by atoms with Gasteiger partial charge in [-0.05, 0) is 13.5 Å². The van der Waals surface area contributed by atoms with Gasteiger partial charge in [-0.2, -0.15) is 0 Å². The van der Waals surface area contributed by atoms with Gasteiger partial charge in [0, 0.05) is 31.2 Å². The number of aromatic nitrogens is 3. The molecule has 6 nitrogen and oxygen atoms in total. The molecule has 2 fully saturated rings. The van der Waals surface area contributed by atoms with E-state index >= 15 is 0 Å². The fourth-order valence-corrected chi connectivity index (χ4v) is 4.19. The maximum Gasteiger partial charge on any atom is 0.191 e. The van der Waals surface area contributed by atoms with E-state index in [1.165, 1.54) is 0 Å². The summed E-state index contributed by atoms with van der Waals surface area (Å²) in [6.45, 7) is 1.43. The molecule has 2 heterocycles. The van der Waals surface area contributed by atoms with Crippen molar-refractivity contribution < 1.29 is 9.47 Å². The van der Waals surface area contributed by atoms with Gasteiger partial charge in [0.1, 0.15) is 6.33 Å². The van der Waals surface area contributed by atoms with Gasteiger partial charge in [-0.25, -0.2) is 0 Å². The average molecular weight is 284 g/mol. The molecule has 0 bridgehead atoms. The Bertz CT molecular complexity index is 433. The largest absolute Gasteiger partial charge is 0.347 e. The predicted octanol–water partition coefficient (Wildman–Crippen LogP) is 0.791. The minimum atomic E-state index is -0.358. The number of rotatable bonds is 3. The molecule has 1 aliphatic carbocycles. The van der Waals surface area contributed by atoms with Crippen LogP contribution in [0, 0.1) is 0 Å². The number of thioether (sulfide) groups is 1. The van der Waals surface area contributed by atoms with Crippen molar-refractivity contribution in [2.45, 2.75) is 41.5 Å². The molecule has 1 aromatic heterocycles. The molecule has 7 heteroatoms. The Kier molecular flexibility index (Phi) is 3.79. The monoisotopic (exact) mass is 284 g/mol. The minimum absolute atomic E-state index is 0.358. The number of nitrogens with zero attached hydrogens (tertiary/aromatic N) is 3. The second-order valence-electron chi connectivity index (χ2n) is 5.13. The molecule has 2 aliphatic rings. The number of hydrogen-bond acceptors (Lipinski definition) is 6. The molecule has 0 amide bonds. The van der Waals surface area contributed by atoms with E-state index in [1.807, 2.05) is 18.7 Å². The molecule has 1 aliphatic heterocycles. The highest BCUT2D eigenvalue weighted by Crippen LogP contribution is 2.41. The third kappa shape index (κ3) is 2.65. The Morgan fingerprint density at radius 2 is 2.26 bits per heavy atom. The van der Waals surface area contributed by atoms with E-state index in [9.17, 15) is 0 Å². The zero-order valence-corrected chi connectivity index (χ0v) is 12.2. The van der Waals surface area contributed by atoms with Crippen LogP contribution in [0.15, 0.2) is 11.5 Å². The van der Waals surface area contributed by atoms with Crippen molar-refractivity contribution >= 4 is 11.8 Å². The molecule has 0 radical (unpaired) electrons. The van der Waals surface area contributed by atoms with Crippen molar-refractivity contribution in [2.75, 3.05) is 20.3 Å². The normalized spacial score (nSPS) is 30.0. The van der Waals surface area contributed by atoms with Crippen molar-refractivity contribution in [1.29, 1.82) is 0 Å². The van der Waals surface area contributed by atoms with Crippen LogP contribution in [0.25, 0.3) is 0 Å². The lowest BCUT2D eigenvalue weighted by Gasteiger charge is -2.40. The van der Waals surface area contributed by atoms with Crippen molar-refractivity contribution in [1.82, 2.24) is 20.1 Å². The first-order chi connectivity index (χ1) is 9.22. The summed E-state index contributed by atoms with van der Waals surface area (Å²) in [6.07, 6.45) is 4.66. The number of ether oxygens (including phenoxy) is 2. The third-order valence-electron chi connectivity index (χ3n) is 3.91. The van der Waals surface area contributed by atoms with Gasteiger partial charge in [-0.3, -0.25) is 0 Å². The van der Waals surface area contributed by atoms with Crippen LogP contribution in [-0.2, 0) is 16.5 Å². The van der Waals surface area contributed by atoms with Gasteiger partial charge in [0.2, 0.25) is 0 Å². The number of nitrogens with one attached hydrogen (secondary N) is 1. The zero-order chi connectivity index (χ0) is 13.3. The Hall–Kier alpha value is -0.630. The smallest absolute Gasteiger partial charge is 0.191 e. The number of aryl methyl sites for hydroxylation is 1. The molecule has 1 saturated carbocycles. The van der Waals surface area contributed by atoms with E-state index in [4.69, 9.17) is 9.47 Å². The Morgan fingerprint density at radius 3 is 2.89 bits per heavy atom. The van der Waals surface area contributed by atoms with Crippen LogP contribution in [-0.4, -0.2) is 52.1 Å². The molecular weight excluding hydrogens is 264 g/mol. The fraction of sp³-hybridized carbons (Fsp3) is 0.833. The van der Waals surface area contributed by atoms with Crippen LogP contribution in [0.4, 0.5) is 0 Å². The predicted molar refractivity (Wildman–Crippen MR) is 72.0 cm³/mol. The Labute approximate surface area is 117 Å². The van der Waals surface area contributed by atoms with Crippen LogP contribution in [0.1, 0.15) is 19.3 Å².